The highest BCUT2D eigenvalue weighted by Gasteiger charge is 2.32. The summed E-state index contributed by atoms with van der Waals surface area (Å²) in [5, 5.41) is 12.5. The van der Waals surface area contributed by atoms with E-state index in [-0.39, 0.29) is 36.0 Å². The molecule has 1 aromatic heterocycles. The van der Waals surface area contributed by atoms with E-state index in [4.69, 9.17) is 51.7 Å². The summed E-state index contributed by atoms with van der Waals surface area (Å²) in [6.45, 7) is 0. The van der Waals surface area contributed by atoms with Crippen LogP contribution in [-0.4, -0.2) is 9.78 Å². The van der Waals surface area contributed by atoms with E-state index in [1.807, 2.05) is 0 Å². The van der Waals surface area contributed by atoms with E-state index in [9.17, 15) is 13.2 Å². The molecule has 0 saturated carbocycles. The SMILES string of the molecule is N#Cc1nn(-c2c(Cl)cc(C(F)(F)F)cc2Cl)cc1C(Cl)=C(Cl)Br. The number of aromatic nitrogens is 2. The second kappa shape index (κ2) is 7.14. The third-order valence-electron chi connectivity index (χ3n) is 2.80. The molecule has 24 heavy (non-hydrogen) atoms. The van der Waals surface area contributed by atoms with Crippen molar-refractivity contribution in [3.05, 3.63) is 49.1 Å². The molecule has 1 aromatic carbocycles. The molecule has 0 aliphatic heterocycles. The summed E-state index contributed by atoms with van der Waals surface area (Å²) in [5.41, 5.74) is -0.975. The smallest absolute Gasteiger partial charge is 0.236 e. The molecule has 0 atom stereocenters. The van der Waals surface area contributed by atoms with Crippen molar-refractivity contribution in [1.82, 2.24) is 9.78 Å². The lowest BCUT2D eigenvalue weighted by Gasteiger charge is -2.12. The summed E-state index contributed by atoms with van der Waals surface area (Å²) in [6, 6.07) is 3.23. The van der Waals surface area contributed by atoms with Gasteiger partial charge in [0, 0.05) is 6.20 Å². The molecule has 0 amide bonds. The first-order valence-electron chi connectivity index (χ1n) is 5.83. The van der Waals surface area contributed by atoms with Crippen LogP contribution in [0.15, 0.2) is 22.3 Å². The minimum absolute atomic E-state index is 0.00127. The molecule has 1 heterocycles. The summed E-state index contributed by atoms with van der Waals surface area (Å²) in [5.74, 6) is 0. The molecule has 2 rings (SSSR count). The fourth-order valence-corrected chi connectivity index (χ4v) is 2.90. The van der Waals surface area contributed by atoms with Crippen molar-refractivity contribution in [2.45, 2.75) is 6.18 Å². The second-order valence-electron chi connectivity index (χ2n) is 4.31. The van der Waals surface area contributed by atoms with Gasteiger partial charge in [-0.05, 0) is 28.1 Å². The van der Waals surface area contributed by atoms with Crippen molar-refractivity contribution in [3.63, 3.8) is 0 Å². The van der Waals surface area contributed by atoms with Gasteiger partial charge in [0.1, 0.15) is 15.7 Å². The summed E-state index contributed by atoms with van der Waals surface area (Å²) in [6.07, 6.45) is -3.32. The van der Waals surface area contributed by atoms with Crippen molar-refractivity contribution >= 4 is 67.4 Å². The van der Waals surface area contributed by atoms with E-state index < -0.39 is 11.7 Å². The molecular weight excluding hydrogens is 477 g/mol. The van der Waals surface area contributed by atoms with Gasteiger partial charge < -0.3 is 0 Å². The molecule has 11 heteroatoms. The highest BCUT2D eigenvalue weighted by molar-refractivity contribution is 9.12. The zero-order chi connectivity index (χ0) is 18.2. The highest BCUT2D eigenvalue weighted by Crippen LogP contribution is 2.38. The lowest BCUT2D eigenvalue weighted by atomic mass is 10.2. The monoisotopic (exact) mass is 477 g/mol. The van der Waals surface area contributed by atoms with Crippen molar-refractivity contribution in [1.29, 1.82) is 5.26 Å². The highest BCUT2D eigenvalue weighted by atomic mass is 79.9. The number of benzene rings is 1. The van der Waals surface area contributed by atoms with Crippen molar-refractivity contribution in [3.8, 4) is 11.8 Å². The summed E-state index contributed by atoms with van der Waals surface area (Å²) >= 11 is 26.5. The number of halogens is 8. The average molecular weight is 480 g/mol. The number of hydrogen-bond donors (Lipinski definition) is 0. The number of hydrogen-bond acceptors (Lipinski definition) is 2. The maximum Gasteiger partial charge on any atom is 0.416 e. The molecule has 0 bridgehead atoms. The molecule has 0 saturated heterocycles. The minimum Gasteiger partial charge on any atom is -0.236 e. The third kappa shape index (κ3) is 3.84. The number of rotatable bonds is 2. The van der Waals surface area contributed by atoms with Gasteiger partial charge in [-0.15, -0.1) is 0 Å². The molecule has 0 aliphatic rings. The van der Waals surface area contributed by atoms with Crippen molar-refractivity contribution in [2.24, 2.45) is 0 Å². The zero-order valence-electron chi connectivity index (χ0n) is 11.1. The largest absolute Gasteiger partial charge is 0.416 e. The van der Waals surface area contributed by atoms with E-state index in [2.05, 4.69) is 21.0 Å². The Morgan fingerprint density at radius 1 is 1.21 bits per heavy atom. The lowest BCUT2D eigenvalue weighted by Crippen LogP contribution is -2.07. The third-order valence-corrected chi connectivity index (χ3v) is 4.68. The Hall–Kier alpha value is -0.910. The van der Waals surface area contributed by atoms with Crippen molar-refractivity contribution in [2.75, 3.05) is 0 Å². The van der Waals surface area contributed by atoms with Crippen LogP contribution < -0.4 is 0 Å². The van der Waals surface area contributed by atoms with Crippen LogP contribution in [0.25, 0.3) is 10.7 Å². The topological polar surface area (TPSA) is 41.6 Å². The first kappa shape index (κ1) is 19.4. The van der Waals surface area contributed by atoms with Gasteiger partial charge in [0.25, 0.3) is 0 Å². The Labute approximate surface area is 162 Å². The fraction of sp³-hybridized carbons (Fsp3) is 0.0769. The average Bonchev–Trinajstić information content (AvgIpc) is 2.88. The van der Waals surface area contributed by atoms with Crippen LogP contribution in [0.4, 0.5) is 13.2 Å². The van der Waals surface area contributed by atoms with Gasteiger partial charge in [-0.25, -0.2) is 4.68 Å². The van der Waals surface area contributed by atoms with Gasteiger partial charge in [0.2, 0.25) is 0 Å². The van der Waals surface area contributed by atoms with E-state index in [1.54, 1.807) is 6.07 Å². The summed E-state index contributed by atoms with van der Waals surface area (Å²) in [4.78, 5) is 0. The van der Waals surface area contributed by atoms with E-state index in [1.165, 1.54) is 6.20 Å². The Kier molecular flexibility index (Phi) is 5.78. The molecule has 0 spiro atoms. The maximum absolute atomic E-state index is 12.8. The number of nitriles is 1. The molecular formula is C13H3BrCl4F3N3. The Morgan fingerprint density at radius 2 is 1.75 bits per heavy atom. The van der Waals surface area contributed by atoms with Gasteiger partial charge in [-0.3, -0.25) is 0 Å². The van der Waals surface area contributed by atoms with Gasteiger partial charge in [0.05, 0.1) is 26.2 Å². The van der Waals surface area contributed by atoms with Gasteiger partial charge in [-0.1, -0.05) is 46.4 Å². The fourth-order valence-electron chi connectivity index (χ4n) is 1.78. The predicted molar refractivity (Wildman–Crippen MR) is 90.9 cm³/mol. The van der Waals surface area contributed by atoms with Crippen molar-refractivity contribution < 1.29 is 13.2 Å². The molecule has 0 fully saturated rings. The van der Waals surface area contributed by atoms with Crippen LogP contribution in [0, 0.1) is 11.3 Å². The van der Waals surface area contributed by atoms with Gasteiger partial charge in [-0.2, -0.15) is 23.5 Å². The molecule has 2 aromatic rings. The normalized spacial score (nSPS) is 12.8. The Bertz CT molecular complexity index is 857. The van der Waals surface area contributed by atoms with Gasteiger partial charge in [0.15, 0.2) is 5.69 Å². The van der Waals surface area contributed by atoms with Crippen LogP contribution in [0.5, 0.6) is 0 Å². The first-order valence-corrected chi connectivity index (χ1v) is 8.14. The summed E-state index contributed by atoms with van der Waals surface area (Å²) < 4.78 is 39.4. The van der Waals surface area contributed by atoms with Crippen LogP contribution in [0.2, 0.25) is 10.0 Å². The standard InChI is InChI=1S/C13H3BrCl4F3N3/c14-12(18)10(17)6-4-24(23-9(6)3-22)11-7(15)1-5(2-8(11)16)13(19,20)21/h1-2,4H. The van der Waals surface area contributed by atoms with E-state index in [0.29, 0.717) is 12.1 Å². The van der Waals surface area contributed by atoms with Crippen LogP contribution in [0.1, 0.15) is 16.8 Å². The molecule has 0 aliphatic carbocycles. The molecule has 3 nitrogen and oxygen atoms in total. The van der Waals surface area contributed by atoms with Crippen LogP contribution in [-0.2, 0) is 6.18 Å². The van der Waals surface area contributed by atoms with E-state index >= 15 is 0 Å². The Morgan fingerprint density at radius 3 is 2.17 bits per heavy atom. The zero-order valence-corrected chi connectivity index (χ0v) is 15.7. The summed E-state index contributed by atoms with van der Waals surface area (Å²) in [7, 11) is 0. The second-order valence-corrected chi connectivity index (χ2v) is 7.13. The molecule has 0 unspecified atom stereocenters. The first-order chi connectivity index (χ1) is 11.1. The van der Waals surface area contributed by atoms with Crippen LogP contribution >= 0.6 is 62.3 Å². The predicted octanol–water partition coefficient (Wildman–Crippen LogP) is 6.57. The molecule has 0 radical (unpaired) electrons. The van der Waals surface area contributed by atoms with Crippen LogP contribution in [0.3, 0.4) is 0 Å². The minimum atomic E-state index is -4.60. The quantitative estimate of drug-likeness (QED) is 0.489. The maximum atomic E-state index is 12.8. The van der Waals surface area contributed by atoms with E-state index in [0.717, 1.165) is 4.68 Å². The number of nitrogens with zero attached hydrogens (tertiary/aromatic N) is 3. The number of alkyl halides is 3. The molecule has 0 N–H and O–H groups in total. The molecule has 126 valence electrons. The lowest BCUT2D eigenvalue weighted by molar-refractivity contribution is -0.137. The Balaban J connectivity index is 2.67. The van der Waals surface area contributed by atoms with Gasteiger partial charge >= 0.3 is 6.18 Å².